The minimum absolute atomic E-state index is 0.240. The van der Waals surface area contributed by atoms with Crippen LogP contribution in [0.1, 0.15) is 31.9 Å². The van der Waals surface area contributed by atoms with Gasteiger partial charge in [0.2, 0.25) is 5.91 Å². The molecule has 1 aliphatic heterocycles. The molecule has 1 N–H and O–H groups in total. The lowest BCUT2D eigenvalue weighted by Gasteiger charge is -2.26. The third kappa shape index (κ3) is 3.35. The lowest BCUT2D eigenvalue weighted by Crippen LogP contribution is -2.41. The second kappa shape index (κ2) is 6.59. The topological polar surface area (TPSA) is 37.3 Å². The van der Waals surface area contributed by atoms with Crippen LogP contribution < -0.4 is 5.32 Å². The molecule has 0 aliphatic carbocycles. The highest BCUT2D eigenvalue weighted by Crippen LogP contribution is 2.08. The van der Waals surface area contributed by atoms with Gasteiger partial charge >= 0.3 is 0 Å². The zero-order valence-electron chi connectivity index (χ0n) is 11.2. The molecule has 0 unspecified atom stereocenters. The first-order valence-electron chi connectivity index (χ1n) is 6.93. The number of aryl methyl sites for hydroxylation is 1. The van der Waals surface area contributed by atoms with Crippen LogP contribution in [0.15, 0.2) is 18.3 Å². The van der Waals surface area contributed by atoms with Gasteiger partial charge in [-0.3, -0.25) is 4.79 Å². The molecule has 0 aromatic carbocycles. The first kappa shape index (κ1) is 13.1. The van der Waals surface area contributed by atoms with Gasteiger partial charge in [0.05, 0.1) is 6.54 Å². The van der Waals surface area contributed by atoms with Crippen LogP contribution in [0.5, 0.6) is 0 Å². The number of hydrogen-bond donors (Lipinski definition) is 1. The number of nitrogens with one attached hydrogen (secondary N) is 1. The van der Waals surface area contributed by atoms with Crippen LogP contribution in [0, 0.1) is 0 Å². The Bertz CT molecular complexity index is 380. The van der Waals surface area contributed by atoms with E-state index in [0.29, 0.717) is 6.54 Å². The Labute approximate surface area is 109 Å². The molecule has 1 saturated heterocycles. The molecule has 2 heterocycles. The minimum Gasteiger partial charge on any atom is -0.351 e. The number of piperidine rings is 1. The summed E-state index contributed by atoms with van der Waals surface area (Å²) in [4.78, 5) is 13.9. The Morgan fingerprint density at radius 2 is 2.11 bits per heavy atom. The summed E-state index contributed by atoms with van der Waals surface area (Å²) in [6.45, 7) is 6.19. The Kier molecular flexibility index (Phi) is 4.81. The van der Waals surface area contributed by atoms with Crippen molar-refractivity contribution < 1.29 is 4.79 Å². The van der Waals surface area contributed by atoms with Crippen molar-refractivity contribution in [3.63, 3.8) is 0 Å². The van der Waals surface area contributed by atoms with Crippen LogP contribution in [0.3, 0.4) is 0 Å². The number of aromatic nitrogens is 1. The number of likely N-dealkylation sites (tertiary alicyclic amines) is 1. The van der Waals surface area contributed by atoms with Gasteiger partial charge in [0.25, 0.3) is 0 Å². The van der Waals surface area contributed by atoms with Gasteiger partial charge in [0, 0.05) is 38.1 Å². The molecule has 2 rings (SSSR count). The van der Waals surface area contributed by atoms with Crippen molar-refractivity contribution >= 4 is 5.91 Å². The maximum Gasteiger partial charge on any atom is 0.236 e. The lowest BCUT2D eigenvalue weighted by atomic mass is 10.1. The summed E-state index contributed by atoms with van der Waals surface area (Å²) in [5, 5.41) is 3.25. The number of hydrogen-bond acceptors (Lipinski definition) is 2. The maximum absolute atomic E-state index is 11.9. The summed E-state index contributed by atoms with van der Waals surface area (Å²) in [6, 6.07) is 4.15. The molecule has 0 atom stereocenters. The summed E-state index contributed by atoms with van der Waals surface area (Å²) >= 11 is 0. The van der Waals surface area contributed by atoms with Crippen LogP contribution in [-0.2, 0) is 17.9 Å². The van der Waals surface area contributed by atoms with E-state index >= 15 is 0 Å². The molecule has 4 heteroatoms. The van der Waals surface area contributed by atoms with Gasteiger partial charge in [-0.05, 0) is 38.3 Å². The fraction of sp³-hybridized carbons (Fsp3) is 0.643. The first-order chi connectivity index (χ1) is 8.81. The normalized spacial score (nSPS) is 15.9. The van der Waals surface area contributed by atoms with E-state index in [4.69, 9.17) is 0 Å². The van der Waals surface area contributed by atoms with Crippen LogP contribution in [0.25, 0.3) is 0 Å². The molecule has 18 heavy (non-hydrogen) atoms. The van der Waals surface area contributed by atoms with Crippen molar-refractivity contribution in [3.8, 4) is 0 Å². The molecule has 4 nitrogen and oxygen atoms in total. The van der Waals surface area contributed by atoms with Gasteiger partial charge in [-0.15, -0.1) is 0 Å². The molecule has 1 amide bonds. The van der Waals surface area contributed by atoms with Crippen LogP contribution in [0.4, 0.5) is 0 Å². The van der Waals surface area contributed by atoms with Crippen molar-refractivity contribution in [2.45, 2.75) is 39.3 Å². The van der Waals surface area contributed by atoms with Crippen molar-refractivity contribution in [3.05, 3.63) is 24.0 Å². The maximum atomic E-state index is 11.9. The SMILES string of the molecule is CCn1cccc1CNCC(=O)N1CCCCC1. The fourth-order valence-electron chi connectivity index (χ4n) is 2.47. The smallest absolute Gasteiger partial charge is 0.236 e. The largest absolute Gasteiger partial charge is 0.351 e. The van der Waals surface area contributed by atoms with Gasteiger partial charge in [-0.25, -0.2) is 0 Å². The summed E-state index contributed by atoms with van der Waals surface area (Å²) in [7, 11) is 0. The Morgan fingerprint density at radius 3 is 2.83 bits per heavy atom. The van der Waals surface area contributed by atoms with E-state index in [2.05, 4.69) is 29.1 Å². The summed E-state index contributed by atoms with van der Waals surface area (Å²) in [6.07, 6.45) is 5.65. The lowest BCUT2D eigenvalue weighted by molar-refractivity contribution is -0.131. The molecule has 1 aliphatic rings. The number of nitrogens with zero attached hydrogens (tertiary/aromatic N) is 2. The molecule has 1 aromatic heterocycles. The van der Waals surface area contributed by atoms with Gasteiger partial charge in [0.1, 0.15) is 0 Å². The molecular weight excluding hydrogens is 226 g/mol. The second-order valence-electron chi connectivity index (χ2n) is 4.83. The van der Waals surface area contributed by atoms with Crippen LogP contribution >= 0.6 is 0 Å². The summed E-state index contributed by atoms with van der Waals surface area (Å²) < 4.78 is 2.19. The van der Waals surface area contributed by atoms with E-state index in [0.717, 1.165) is 39.0 Å². The van der Waals surface area contributed by atoms with E-state index in [1.807, 2.05) is 11.0 Å². The summed E-state index contributed by atoms with van der Waals surface area (Å²) in [5.74, 6) is 0.240. The molecule has 0 saturated carbocycles. The number of amides is 1. The zero-order chi connectivity index (χ0) is 12.8. The van der Waals surface area contributed by atoms with E-state index in [1.54, 1.807) is 0 Å². The Morgan fingerprint density at radius 1 is 1.33 bits per heavy atom. The number of carbonyl (C=O) groups is 1. The Balaban J connectivity index is 1.73. The fourth-order valence-corrected chi connectivity index (χ4v) is 2.47. The molecule has 0 spiro atoms. The number of rotatable bonds is 5. The highest BCUT2D eigenvalue weighted by Gasteiger charge is 2.15. The Hall–Kier alpha value is -1.29. The van der Waals surface area contributed by atoms with E-state index in [-0.39, 0.29) is 5.91 Å². The third-order valence-corrected chi connectivity index (χ3v) is 3.56. The van der Waals surface area contributed by atoms with Gasteiger partial charge in [-0.1, -0.05) is 0 Å². The average molecular weight is 249 g/mol. The molecule has 100 valence electrons. The average Bonchev–Trinajstić information content (AvgIpc) is 2.87. The third-order valence-electron chi connectivity index (χ3n) is 3.56. The zero-order valence-corrected chi connectivity index (χ0v) is 11.2. The standard InChI is InChI=1S/C14H23N3O/c1-2-16-10-6-7-13(16)11-15-12-14(18)17-8-4-3-5-9-17/h6-7,10,15H,2-5,8-9,11-12H2,1H3. The van der Waals surface area contributed by atoms with Gasteiger partial charge in [0.15, 0.2) is 0 Å². The van der Waals surface area contributed by atoms with Crippen LogP contribution in [0.2, 0.25) is 0 Å². The molecule has 1 aromatic rings. The summed E-state index contributed by atoms with van der Waals surface area (Å²) in [5.41, 5.74) is 1.24. The quantitative estimate of drug-likeness (QED) is 0.861. The van der Waals surface area contributed by atoms with Gasteiger partial charge < -0.3 is 14.8 Å². The van der Waals surface area contributed by atoms with Gasteiger partial charge in [-0.2, -0.15) is 0 Å². The second-order valence-corrected chi connectivity index (χ2v) is 4.83. The van der Waals surface area contributed by atoms with Crippen LogP contribution in [-0.4, -0.2) is 35.0 Å². The predicted octanol–water partition coefficient (Wildman–Crippen LogP) is 1.61. The van der Waals surface area contributed by atoms with Crippen molar-refractivity contribution in [2.24, 2.45) is 0 Å². The predicted molar refractivity (Wildman–Crippen MR) is 72.2 cm³/mol. The minimum atomic E-state index is 0.240. The van der Waals surface area contributed by atoms with E-state index in [9.17, 15) is 4.79 Å². The van der Waals surface area contributed by atoms with E-state index in [1.165, 1.54) is 12.1 Å². The van der Waals surface area contributed by atoms with Crippen molar-refractivity contribution in [1.82, 2.24) is 14.8 Å². The highest BCUT2D eigenvalue weighted by atomic mass is 16.2. The van der Waals surface area contributed by atoms with Crippen molar-refractivity contribution in [2.75, 3.05) is 19.6 Å². The molecule has 0 radical (unpaired) electrons. The molecular formula is C14H23N3O. The van der Waals surface area contributed by atoms with E-state index < -0.39 is 0 Å². The molecule has 0 bridgehead atoms. The molecule has 1 fully saturated rings. The first-order valence-corrected chi connectivity index (χ1v) is 6.93. The monoisotopic (exact) mass is 249 g/mol. The number of carbonyl (C=O) groups excluding carboxylic acids is 1. The van der Waals surface area contributed by atoms with Crippen molar-refractivity contribution in [1.29, 1.82) is 0 Å². The highest BCUT2D eigenvalue weighted by molar-refractivity contribution is 5.78.